The maximum atomic E-state index is 11.6. The van der Waals surface area contributed by atoms with Gasteiger partial charge in [-0.25, -0.2) is 0 Å². The number of carbonyl (C=O) groups excluding carboxylic acids is 1. The first-order chi connectivity index (χ1) is 7.72. The Bertz CT molecular complexity index is 205. The van der Waals surface area contributed by atoms with E-state index in [-0.39, 0.29) is 12.0 Å². The summed E-state index contributed by atoms with van der Waals surface area (Å²) in [5.74, 6) is 3.14. The van der Waals surface area contributed by atoms with Gasteiger partial charge in [-0.15, -0.1) is 0 Å². The van der Waals surface area contributed by atoms with E-state index in [4.69, 9.17) is 0 Å². The molecular weight excluding hydrogens is 222 g/mol. The monoisotopic (exact) mass is 245 g/mol. The molecule has 1 fully saturated rings. The summed E-state index contributed by atoms with van der Waals surface area (Å²) >= 11 is 1.99. The molecular formula is C12H23NO2S. The summed E-state index contributed by atoms with van der Waals surface area (Å²) in [5.41, 5.74) is 0. The molecule has 1 rings (SSSR count). The highest BCUT2D eigenvalue weighted by molar-refractivity contribution is 7.99. The van der Waals surface area contributed by atoms with E-state index in [2.05, 4.69) is 5.32 Å². The maximum absolute atomic E-state index is 11.6. The molecule has 1 aliphatic rings. The van der Waals surface area contributed by atoms with Crippen molar-refractivity contribution in [2.75, 3.05) is 18.1 Å². The fourth-order valence-corrected chi connectivity index (χ4v) is 3.07. The van der Waals surface area contributed by atoms with Crippen LogP contribution in [0.3, 0.4) is 0 Å². The third-order valence-electron chi connectivity index (χ3n) is 3.09. The topological polar surface area (TPSA) is 49.3 Å². The quantitative estimate of drug-likeness (QED) is 0.750. The fraction of sp³-hybridized carbons (Fsp3) is 0.917. The largest absolute Gasteiger partial charge is 0.393 e. The van der Waals surface area contributed by atoms with Gasteiger partial charge >= 0.3 is 0 Å². The van der Waals surface area contributed by atoms with Crippen LogP contribution in [0.4, 0.5) is 0 Å². The SMILES string of the molecule is CCC(O)CCNC(=O)CC1CCSCC1. The minimum atomic E-state index is -0.272. The van der Waals surface area contributed by atoms with Gasteiger partial charge in [-0.05, 0) is 43.1 Å². The Morgan fingerprint density at radius 2 is 2.19 bits per heavy atom. The molecule has 0 spiro atoms. The lowest BCUT2D eigenvalue weighted by molar-refractivity contribution is -0.122. The fourth-order valence-electron chi connectivity index (χ4n) is 1.87. The van der Waals surface area contributed by atoms with Crippen LogP contribution in [0.5, 0.6) is 0 Å². The summed E-state index contributed by atoms with van der Waals surface area (Å²) in [6, 6.07) is 0. The number of rotatable bonds is 6. The first-order valence-corrected chi connectivity index (χ1v) is 7.40. The highest BCUT2D eigenvalue weighted by atomic mass is 32.2. The molecule has 0 radical (unpaired) electrons. The molecule has 0 aromatic rings. The zero-order valence-electron chi connectivity index (χ0n) is 10.1. The second-order valence-electron chi connectivity index (χ2n) is 4.46. The third-order valence-corrected chi connectivity index (χ3v) is 4.13. The van der Waals surface area contributed by atoms with Crippen LogP contribution in [0.1, 0.15) is 39.0 Å². The average molecular weight is 245 g/mol. The molecule has 3 nitrogen and oxygen atoms in total. The molecule has 2 N–H and O–H groups in total. The van der Waals surface area contributed by atoms with Gasteiger partial charge in [0.25, 0.3) is 0 Å². The van der Waals surface area contributed by atoms with Gasteiger partial charge in [0.1, 0.15) is 0 Å². The number of hydrogen-bond acceptors (Lipinski definition) is 3. The van der Waals surface area contributed by atoms with Crippen molar-refractivity contribution in [3.63, 3.8) is 0 Å². The van der Waals surface area contributed by atoms with Crippen molar-refractivity contribution in [2.24, 2.45) is 5.92 Å². The first-order valence-electron chi connectivity index (χ1n) is 6.25. The highest BCUT2D eigenvalue weighted by Gasteiger charge is 2.16. The van der Waals surface area contributed by atoms with Crippen molar-refractivity contribution in [2.45, 2.75) is 45.1 Å². The Hall–Kier alpha value is -0.220. The van der Waals surface area contributed by atoms with E-state index in [9.17, 15) is 9.90 Å². The number of aliphatic hydroxyl groups excluding tert-OH is 1. The van der Waals surface area contributed by atoms with Gasteiger partial charge in [-0.3, -0.25) is 4.79 Å². The van der Waals surface area contributed by atoms with Crippen molar-refractivity contribution in [3.05, 3.63) is 0 Å². The highest BCUT2D eigenvalue weighted by Crippen LogP contribution is 2.24. The molecule has 1 heterocycles. The van der Waals surface area contributed by atoms with Crippen molar-refractivity contribution in [3.8, 4) is 0 Å². The maximum Gasteiger partial charge on any atom is 0.220 e. The number of thioether (sulfide) groups is 1. The lowest BCUT2D eigenvalue weighted by Crippen LogP contribution is -2.29. The Kier molecular flexibility index (Phi) is 6.88. The summed E-state index contributed by atoms with van der Waals surface area (Å²) < 4.78 is 0. The van der Waals surface area contributed by atoms with E-state index >= 15 is 0 Å². The van der Waals surface area contributed by atoms with Crippen LogP contribution in [0.2, 0.25) is 0 Å². The molecule has 0 aromatic carbocycles. The van der Waals surface area contributed by atoms with Crippen LogP contribution in [0, 0.1) is 5.92 Å². The number of amides is 1. The van der Waals surface area contributed by atoms with Crippen molar-refractivity contribution >= 4 is 17.7 Å². The van der Waals surface area contributed by atoms with Crippen LogP contribution in [-0.2, 0) is 4.79 Å². The van der Waals surface area contributed by atoms with E-state index in [0.717, 1.165) is 6.42 Å². The molecule has 0 aliphatic carbocycles. The minimum absolute atomic E-state index is 0.153. The van der Waals surface area contributed by atoms with Crippen LogP contribution in [-0.4, -0.2) is 35.2 Å². The van der Waals surface area contributed by atoms with E-state index in [1.54, 1.807) is 0 Å². The Labute approximate surface area is 102 Å². The lowest BCUT2D eigenvalue weighted by atomic mass is 9.98. The van der Waals surface area contributed by atoms with Gasteiger partial charge in [-0.1, -0.05) is 6.92 Å². The number of hydrogen-bond donors (Lipinski definition) is 2. The Morgan fingerprint density at radius 1 is 1.50 bits per heavy atom. The summed E-state index contributed by atoms with van der Waals surface area (Å²) in [4.78, 5) is 11.6. The Balaban J connectivity index is 2.05. The third kappa shape index (κ3) is 5.75. The minimum Gasteiger partial charge on any atom is -0.393 e. The molecule has 0 bridgehead atoms. The van der Waals surface area contributed by atoms with Gasteiger partial charge in [0.05, 0.1) is 6.10 Å². The summed E-state index contributed by atoms with van der Waals surface area (Å²) in [6.07, 6.45) is 4.18. The lowest BCUT2D eigenvalue weighted by Gasteiger charge is -2.20. The molecule has 1 amide bonds. The number of nitrogens with one attached hydrogen (secondary N) is 1. The molecule has 1 unspecified atom stereocenters. The van der Waals surface area contributed by atoms with E-state index < -0.39 is 0 Å². The predicted molar refractivity (Wildman–Crippen MR) is 68.6 cm³/mol. The van der Waals surface area contributed by atoms with Crippen molar-refractivity contribution in [1.29, 1.82) is 0 Å². The van der Waals surface area contributed by atoms with Crippen molar-refractivity contribution in [1.82, 2.24) is 5.32 Å². The molecule has 1 atom stereocenters. The van der Waals surface area contributed by atoms with Gasteiger partial charge in [0.2, 0.25) is 5.91 Å². The molecule has 0 saturated carbocycles. The van der Waals surface area contributed by atoms with Gasteiger partial charge in [0, 0.05) is 13.0 Å². The second-order valence-corrected chi connectivity index (χ2v) is 5.69. The van der Waals surface area contributed by atoms with Gasteiger partial charge in [-0.2, -0.15) is 11.8 Å². The second kappa shape index (κ2) is 7.96. The average Bonchev–Trinajstić information content (AvgIpc) is 2.30. The van der Waals surface area contributed by atoms with Crippen LogP contribution < -0.4 is 5.32 Å². The molecule has 4 heteroatoms. The van der Waals surface area contributed by atoms with Gasteiger partial charge in [0.15, 0.2) is 0 Å². The molecule has 0 aromatic heterocycles. The number of aliphatic hydroxyl groups is 1. The van der Waals surface area contributed by atoms with Crippen LogP contribution in [0.25, 0.3) is 0 Å². The normalized spacial score (nSPS) is 19.4. The molecule has 94 valence electrons. The standard InChI is InChI=1S/C12H23NO2S/c1-2-11(14)3-6-13-12(15)9-10-4-7-16-8-5-10/h10-11,14H,2-9H2,1H3,(H,13,15). The summed E-state index contributed by atoms with van der Waals surface area (Å²) in [7, 11) is 0. The summed E-state index contributed by atoms with van der Waals surface area (Å²) in [6.45, 7) is 2.56. The zero-order valence-corrected chi connectivity index (χ0v) is 10.9. The first kappa shape index (κ1) is 13.8. The molecule has 16 heavy (non-hydrogen) atoms. The zero-order chi connectivity index (χ0) is 11.8. The smallest absolute Gasteiger partial charge is 0.220 e. The Morgan fingerprint density at radius 3 is 2.81 bits per heavy atom. The molecule has 1 aliphatic heterocycles. The van der Waals surface area contributed by atoms with Crippen LogP contribution in [0.15, 0.2) is 0 Å². The number of carbonyl (C=O) groups is 1. The molecule has 1 saturated heterocycles. The van der Waals surface area contributed by atoms with E-state index in [1.165, 1.54) is 24.3 Å². The summed E-state index contributed by atoms with van der Waals surface area (Å²) in [5, 5.41) is 12.2. The van der Waals surface area contributed by atoms with Crippen LogP contribution >= 0.6 is 11.8 Å². The predicted octanol–water partition coefficient (Wildman–Crippen LogP) is 1.80. The van der Waals surface area contributed by atoms with Gasteiger partial charge < -0.3 is 10.4 Å². The van der Waals surface area contributed by atoms with Crippen molar-refractivity contribution < 1.29 is 9.90 Å². The van der Waals surface area contributed by atoms with E-state index in [0.29, 0.717) is 25.3 Å². The van der Waals surface area contributed by atoms with E-state index in [1.807, 2.05) is 18.7 Å².